The molecule has 8 nitrogen and oxygen atoms in total. The highest BCUT2D eigenvalue weighted by Gasteiger charge is 2.23. The number of carbonyl (C=O) groups is 1. The number of nitrogens with zero attached hydrogens (tertiary/aromatic N) is 2. The van der Waals surface area contributed by atoms with Crippen molar-refractivity contribution in [3.05, 3.63) is 58.1 Å². The van der Waals surface area contributed by atoms with Crippen molar-refractivity contribution in [2.24, 2.45) is 0 Å². The van der Waals surface area contributed by atoms with Gasteiger partial charge in [0.15, 0.2) is 0 Å². The SMILES string of the molecule is COc1ccc(OCCOC(=O)c2ccc(N3CCCCC3)c([N+](=O)[O-])c2)cc1. The summed E-state index contributed by atoms with van der Waals surface area (Å²) in [7, 11) is 1.58. The molecular formula is C21H24N2O6. The largest absolute Gasteiger partial charge is 0.497 e. The number of nitro benzene ring substituents is 1. The van der Waals surface area contributed by atoms with E-state index in [1.54, 1.807) is 43.5 Å². The van der Waals surface area contributed by atoms with Gasteiger partial charge in [-0.2, -0.15) is 0 Å². The smallest absolute Gasteiger partial charge is 0.338 e. The molecule has 29 heavy (non-hydrogen) atoms. The number of rotatable bonds is 8. The predicted octanol–water partition coefficient (Wildman–Crippen LogP) is 3.83. The van der Waals surface area contributed by atoms with Crippen LogP contribution in [0.1, 0.15) is 29.6 Å². The van der Waals surface area contributed by atoms with Crippen LogP contribution in [0.4, 0.5) is 11.4 Å². The summed E-state index contributed by atoms with van der Waals surface area (Å²) < 4.78 is 15.8. The second-order valence-electron chi connectivity index (χ2n) is 6.67. The van der Waals surface area contributed by atoms with E-state index in [1.807, 2.05) is 4.90 Å². The highest BCUT2D eigenvalue weighted by atomic mass is 16.6. The van der Waals surface area contributed by atoms with Crippen LogP contribution in [-0.4, -0.2) is 44.3 Å². The lowest BCUT2D eigenvalue weighted by atomic mass is 10.1. The van der Waals surface area contributed by atoms with E-state index < -0.39 is 10.9 Å². The monoisotopic (exact) mass is 400 g/mol. The predicted molar refractivity (Wildman–Crippen MR) is 108 cm³/mol. The van der Waals surface area contributed by atoms with E-state index in [2.05, 4.69) is 0 Å². The minimum absolute atomic E-state index is 0.0343. The molecule has 0 radical (unpaired) electrons. The van der Waals surface area contributed by atoms with Crippen LogP contribution >= 0.6 is 0 Å². The van der Waals surface area contributed by atoms with Crippen LogP contribution in [0.25, 0.3) is 0 Å². The molecule has 2 aromatic carbocycles. The number of ether oxygens (including phenoxy) is 3. The zero-order valence-electron chi connectivity index (χ0n) is 16.3. The van der Waals surface area contributed by atoms with Gasteiger partial charge in [0.05, 0.1) is 17.6 Å². The van der Waals surface area contributed by atoms with Crippen LogP contribution in [0.2, 0.25) is 0 Å². The molecule has 154 valence electrons. The van der Waals surface area contributed by atoms with Gasteiger partial charge >= 0.3 is 5.97 Å². The average molecular weight is 400 g/mol. The molecule has 0 amide bonds. The summed E-state index contributed by atoms with van der Waals surface area (Å²) in [5, 5.41) is 11.5. The van der Waals surface area contributed by atoms with Crippen LogP contribution < -0.4 is 14.4 Å². The first-order chi connectivity index (χ1) is 14.1. The number of nitro groups is 1. The topological polar surface area (TPSA) is 91.1 Å². The zero-order chi connectivity index (χ0) is 20.6. The first-order valence-corrected chi connectivity index (χ1v) is 9.56. The fourth-order valence-electron chi connectivity index (χ4n) is 3.25. The van der Waals surface area contributed by atoms with Crippen LogP contribution in [0.5, 0.6) is 11.5 Å². The van der Waals surface area contributed by atoms with Crippen LogP contribution in [-0.2, 0) is 4.74 Å². The molecule has 0 saturated carbocycles. The van der Waals surface area contributed by atoms with Gasteiger partial charge in [-0.25, -0.2) is 4.79 Å². The molecule has 0 N–H and O–H groups in total. The number of hydrogen-bond donors (Lipinski definition) is 0. The van der Waals surface area contributed by atoms with Gasteiger partial charge in [-0.15, -0.1) is 0 Å². The molecule has 1 aliphatic rings. The van der Waals surface area contributed by atoms with Gasteiger partial charge in [0, 0.05) is 19.2 Å². The number of methoxy groups -OCH3 is 1. The number of benzene rings is 2. The second kappa shape index (κ2) is 9.77. The Morgan fingerprint density at radius 3 is 2.38 bits per heavy atom. The van der Waals surface area contributed by atoms with E-state index in [0.717, 1.165) is 38.1 Å². The lowest BCUT2D eigenvalue weighted by Gasteiger charge is -2.28. The van der Waals surface area contributed by atoms with Crippen LogP contribution in [0.3, 0.4) is 0 Å². The molecule has 1 heterocycles. The molecule has 0 aliphatic carbocycles. The van der Waals surface area contributed by atoms with Gasteiger partial charge < -0.3 is 19.1 Å². The molecule has 2 aromatic rings. The van der Waals surface area contributed by atoms with Crippen molar-refractivity contribution in [2.75, 3.05) is 38.3 Å². The van der Waals surface area contributed by atoms with Gasteiger partial charge in [-0.3, -0.25) is 10.1 Å². The van der Waals surface area contributed by atoms with Gasteiger partial charge in [0.25, 0.3) is 5.69 Å². The minimum atomic E-state index is -0.614. The number of esters is 1. The van der Waals surface area contributed by atoms with Crippen molar-refractivity contribution in [1.82, 2.24) is 0 Å². The number of piperidine rings is 1. The maximum atomic E-state index is 12.3. The third-order valence-corrected chi connectivity index (χ3v) is 4.75. The van der Waals surface area contributed by atoms with Crippen LogP contribution in [0, 0.1) is 10.1 Å². The summed E-state index contributed by atoms with van der Waals surface area (Å²) in [4.78, 5) is 25.3. The standard InChI is InChI=1S/C21H24N2O6/c1-27-17-6-8-18(9-7-17)28-13-14-29-21(24)16-5-10-19(20(15-16)23(25)26)22-11-3-2-4-12-22/h5-10,15H,2-4,11-14H2,1H3. The average Bonchev–Trinajstić information content (AvgIpc) is 2.77. The summed E-state index contributed by atoms with van der Waals surface area (Å²) in [5.74, 6) is 0.735. The summed E-state index contributed by atoms with van der Waals surface area (Å²) in [6.45, 7) is 1.78. The van der Waals surface area contributed by atoms with Gasteiger partial charge in [-0.1, -0.05) is 0 Å². The van der Waals surface area contributed by atoms with Gasteiger partial charge in [0.2, 0.25) is 0 Å². The summed E-state index contributed by atoms with van der Waals surface area (Å²) in [5.41, 5.74) is 0.631. The highest BCUT2D eigenvalue weighted by Crippen LogP contribution is 2.31. The number of carbonyl (C=O) groups excluding carboxylic acids is 1. The summed E-state index contributed by atoms with van der Waals surface area (Å²) in [6, 6.07) is 11.5. The fourth-order valence-corrected chi connectivity index (χ4v) is 3.25. The molecule has 1 saturated heterocycles. The lowest BCUT2D eigenvalue weighted by Crippen LogP contribution is -2.30. The molecule has 8 heteroatoms. The van der Waals surface area contributed by atoms with Gasteiger partial charge in [0.1, 0.15) is 30.4 Å². The van der Waals surface area contributed by atoms with E-state index in [4.69, 9.17) is 14.2 Å². The quantitative estimate of drug-likeness (QED) is 0.288. The molecule has 1 fully saturated rings. The Morgan fingerprint density at radius 2 is 1.72 bits per heavy atom. The first kappa shape index (κ1) is 20.4. The number of hydrogen-bond acceptors (Lipinski definition) is 7. The van der Waals surface area contributed by atoms with E-state index in [1.165, 1.54) is 6.07 Å². The Balaban J connectivity index is 1.56. The molecule has 0 aromatic heterocycles. The van der Waals surface area contributed by atoms with E-state index in [0.29, 0.717) is 11.4 Å². The zero-order valence-corrected chi connectivity index (χ0v) is 16.3. The van der Waals surface area contributed by atoms with Crippen LogP contribution in [0.15, 0.2) is 42.5 Å². The number of anilines is 1. The Labute approximate surface area is 169 Å². The Kier molecular flexibility index (Phi) is 6.89. The Hall–Kier alpha value is -3.29. The molecular weight excluding hydrogens is 376 g/mol. The molecule has 0 bridgehead atoms. The van der Waals surface area contributed by atoms with Crippen molar-refractivity contribution in [3.63, 3.8) is 0 Å². The summed E-state index contributed by atoms with van der Waals surface area (Å²) >= 11 is 0. The van der Waals surface area contributed by atoms with Crippen molar-refractivity contribution in [2.45, 2.75) is 19.3 Å². The maximum Gasteiger partial charge on any atom is 0.338 e. The maximum absolute atomic E-state index is 12.3. The molecule has 0 spiro atoms. The van der Waals surface area contributed by atoms with Crippen molar-refractivity contribution >= 4 is 17.3 Å². The first-order valence-electron chi connectivity index (χ1n) is 9.56. The second-order valence-corrected chi connectivity index (χ2v) is 6.67. The van der Waals surface area contributed by atoms with E-state index in [9.17, 15) is 14.9 Å². The Bertz CT molecular complexity index is 847. The minimum Gasteiger partial charge on any atom is -0.497 e. The van der Waals surface area contributed by atoms with E-state index in [-0.39, 0.29) is 24.5 Å². The lowest BCUT2D eigenvalue weighted by molar-refractivity contribution is -0.384. The molecule has 0 unspecified atom stereocenters. The highest BCUT2D eigenvalue weighted by molar-refractivity contribution is 5.91. The normalized spacial score (nSPS) is 13.6. The summed E-state index contributed by atoms with van der Waals surface area (Å²) in [6.07, 6.45) is 3.15. The third kappa shape index (κ3) is 5.37. The third-order valence-electron chi connectivity index (χ3n) is 4.75. The molecule has 3 rings (SSSR count). The van der Waals surface area contributed by atoms with E-state index >= 15 is 0 Å². The Morgan fingerprint density at radius 1 is 1.03 bits per heavy atom. The van der Waals surface area contributed by atoms with Crippen molar-refractivity contribution < 1.29 is 23.9 Å². The molecule has 1 aliphatic heterocycles. The molecule has 0 atom stereocenters. The fraction of sp³-hybridized carbons (Fsp3) is 0.381. The van der Waals surface area contributed by atoms with Gasteiger partial charge in [-0.05, 0) is 55.7 Å². The van der Waals surface area contributed by atoms with Crippen molar-refractivity contribution in [1.29, 1.82) is 0 Å². The van der Waals surface area contributed by atoms with Crippen molar-refractivity contribution in [3.8, 4) is 11.5 Å².